The molecule has 3 heterocycles. The van der Waals surface area contributed by atoms with Crippen LogP contribution in [0.25, 0.3) is 0 Å². The lowest BCUT2D eigenvalue weighted by atomic mass is 10.2. The number of nitrogens with zero attached hydrogens (tertiary/aromatic N) is 4. The molecule has 0 bridgehead atoms. The number of oxazole rings is 1. The molecule has 2 aromatic heterocycles. The number of aromatic nitrogens is 3. The maximum Gasteiger partial charge on any atom is 0.289 e. The molecule has 0 saturated carbocycles. The van der Waals surface area contributed by atoms with E-state index in [-0.39, 0.29) is 23.8 Å². The van der Waals surface area contributed by atoms with Gasteiger partial charge in [0.1, 0.15) is 12.1 Å². The Morgan fingerprint density at radius 2 is 2.33 bits per heavy atom. The topological polar surface area (TPSA) is 93.4 Å². The largest absolute Gasteiger partial charge is 0.436 e. The lowest BCUT2D eigenvalue weighted by molar-refractivity contribution is 0.0917. The fourth-order valence-electron chi connectivity index (χ4n) is 3.00. The normalized spacial score (nSPS) is 20.4. The van der Waals surface area contributed by atoms with E-state index in [1.807, 2.05) is 6.07 Å². The van der Waals surface area contributed by atoms with Crippen LogP contribution < -0.4 is 10.2 Å². The number of nitrogens with one attached hydrogen (secondary N) is 1. The van der Waals surface area contributed by atoms with Crippen molar-refractivity contribution < 1.29 is 13.9 Å². The zero-order chi connectivity index (χ0) is 17.1. The first-order valence-corrected chi connectivity index (χ1v) is 7.86. The van der Waals surface area contributed by atoms with Gasteiger partial charge in [0.15, 0.2) is 5.89 Å². The molecule has 0 radical (unpaired) electrons. The minimum atomic E-state index is -0.253. The number of amides is 1. The van der Waals surface area contributed by atoms with Crippen LogP contribution >= 0.6 is 0 Å². The highest BCUT2D eigenvalue weighted by Gasteiger charge is 2.33. The van der Waals surface area contributed by atoms with Crippen LogP contribution in [0.2, 0.25) is 0 Å². The third kappa shape index (κ3) is 3.38. The molecule has 8 nitrogen and oxygen atoms in total. The van der Waals surface area contributed by atoms with E-state index in [2.05, 4.69) is 25.2 Å². The molecule has 128 valence electrons. The molecule has 1 saturated heterocycles. The van der Waals surface area contributed by atoms with Crippen molar-refractivity contribution in [3.8, 4) is 0 Å². The van der Waals surface area contributed by atoms with Crippen molar-refractivity contribution in [1.82, 2.24) is 20.3 Å². The molecule has 1 aliphatic rings. The molecule has 0 spiro atoms. The average molecular weight is 331 g/mol. The van der Waals surface area contributed by atoms with E-state index in [1.54, 1.807) is 27.2 Å². The molecule has 8 heteroatoms. The van der Waals surface area contributed by atoms with Gasteiger partial charge in [0.2, 0.25) is 5.76 Å². The van der Waals surface area contributed by atoms with Crippen LogP contribution in [0.1, 0.15) is 28.6 Å². The Hall–Kier alpha value is -2.48. The number of rotatable bonds is 5. The predicted molar refractivity (Wildman–Crippen MR) is 86.9 cm³/mol. The first kappa shape index (κ1) is 16.4. The summed E-state index contributed by atoms with van der Waals surface area (Å²) in [5, 5.41) is 2.93. The van der Waals surface area contributed by atoms with E-state index in [0.29, 0.717) is 18.1 Å². The van der Waals surface area contributed by atoms with Crippen molar-refractivity contribution in [1.29, 1.82) is 0 Å². The number of anilines is 1. The lowest BCUT2D eigenvalue weighted by Crippen LogP contribution is -2.40. The van der Waals surface area contributed by atoms with Crippen LogP contribution in [0.5, 0.6) is 0 Å². The zero-order valence-electron chi connectivity index (χ0n) is 14.0. The summed E-state index contributed by atoms with van der Waals surface area (Å²) in [6.45, 7) is 4.69. The SMILES string of the molecule is CO[C@@H]1C[C@H](CNC(=O)c2oc(C)nc2C)N(c2ccncn2)C1. The third-order valence-electron chi connectivity index (χ3n) is 4.18. The minimum absolute atomic E-state index is 0.0955. The van der Waals surface area contributed by atoms with Gasteiger partial charge in [-0.3, -0.25) is 4.79 Å². The van der Waals surface area contributed by atoms with Gasteiger partial charge in [-0.2, -0.15) is 0 Å². The summed E-state index contributed by atoms with van der Waals surface area (Å²) in [6, 6.07) is 1.95. The van der Waals surface area contributed by atoms with E-state index >= 15 is 0 Å². The first-order chi connectivity index (χ1) is 11.6. The lowest BCUT2D eigenvalue weighted by Gasteiger charge is -2.25. The quantitative estimate of drug-likeness (QED) is 0.877. The molecule has 1 aliphatic heterocycles. The van der Waals surface area contributed by atoms with E-state index in [0.717, 1.165) is 18.8 Å². The standard InChI is InChI=1S/C16H21N5O3/c1-10-15(24-11(2)20-10)16(22)18-7-12-6-13(23-3)8-21(12)14-4-5-17-9-19-14/h4-5,9,12-13H,6-8H2,1-3H3,(H,18,22)/t12-,13-/m1/s1. The van der Waals surface area contributed by atoms with E-state index in [1.165, 1.54) is 6.33 Å². The number of ether oxygens (including phenoxy) is 1. The number of aryl methyl sites for hydroxylation is 2. The fraction of sp³-hybridized carbons (Fsp3) is 0.500. The zero-order valence-corrected chi connectivity index (χ0v) is 14.0. The Bertz CT molecular complexity index is 703. The van der Waals surface area contributed by atoms with Crippen molar-refractivity contribution in [2.24, 2.45) is 0 Å². The first-order valence-electron chi connectivity index (χ1n) is 7.86. The Balaban J connectivity index is 1.68. The Morgan fingerprint density at radius 3 is 2.96 bits per heavy atom. The van der Waals surface area contributed by atoms with Gasteiger partial charge in [-0.15, -0.1) is 0 Å². The molecule has 1 fully saturated rings. The van der Waals surface area contributed by atoms with Crippen LogP contribution in [-0.2, 0) is 4.74 Å². The predicted octanol–water partition coefficient (Wildman–Crippen LogP) is 1.11. The van der Waals surface area contributed by atoms with E-state index in [4.69, 9.17) is 9.15 Å². The number of carbonyl (C=O) groups excluding carboxylic acids is 1. The van der Waals surface area contributed by atoms with Crippen LogP contribution in [0.4, 0.5) is 5.82 Å². The summed E-state index contributed by atoms with van der Waals surface area (Å²) >= 11 is 0. The Kier molecular flexibility index (Phi) is 4.75. The Morgan fingerprint density at radius 1 is 1.50 bits per heavy atom. The summed E-state index contributed by atoms with van der Waals surface area (Å²) < 4.78 is 10.8. The molecular weight excluding hydrogens is 310 g/mol. The summed E-state index contributed by atoms with van der Waals surface area (Å²) in [5.41, 5.74) is 0.596. The van der Waals surface area contributed by atoms with Crippen LogP contribution in [0, 0.1) is 13.8 Å². The van der Waals surface area contributed by atoms with Crippen molar-refractivity contribution in [2.45, 2.75) is 32.4 Å². The van der Waals surface area contributed by atoms with Gasteiger partial charge in [-0.25, -0.2) is 15.0 Å². The maximum atomic E-state index is 12.3. The van der Waals surface area contributed by atoms with Crippen LogP contribution in [0.3, 0.4) is 0 Å². The minimum Gasteiger partial charge on any atom is -0.436 e. The third-order valence-corrected chi connectivity index (χ3v) is 4.18. The average Bonchev–Trinajstić information content (AvgIpc) is 3.16. The second kappa shape index (κ2) is 6.96. The highest BCUT2D eigenvalue weighted by Crippen LogP contribution is 2.24. The van der Waals surface area contributed by atoms with Gasteiger partial charge in [0.25, 0.3) is 5.91 Å². The van der Waals surface area contributed by atoms with Crippen LogP contribution in [-0.4, -0.2) is 53.2 Å². The van der Waals surface area contributed by atoms with Crippen molar-refractivity contribution in [2.75, 3.05) is 25.1 Å². The summed E-state index contributed by atoms with van der Waals surface area (Å²) in [4.78, 5) is 26.8. The number of carbonyl (C=O) groups is 1. The highest BCUT2D eigenvalue weighted by atomic mass is 16.5. The molecule has 2 aromatic rings. The number of methoxy groups -OCH3 is 1. The molecule has 1 N–H and O–H groups in total. The van der Waals surface area contributed by atoms with Gasteiger partial charge >= 0.3 is 0 Å². The fourth-order valence-corrected chi connectivity index (χ4v) is 3.00. The number of hydrogen-bond acceptors (Lipinski definition) is 7. The van der Waals surface area contributed by atoms with Gasteiger partial charge in [0, 0.05) is 33.3 Å². The summed E-state index contributed by atoms with van der Waals surface area (Å²) in [5.74, 6) is 1.33. The monoisotopic (exact) mass is 331 g/mol. The molecule has 0 unspecified atom stereocenters. The smallest absolute Gasteiger partial charge is 0.289 e. The van der Waals surface area contributed by atoms with Crippen molar-refractivity contribution in [3.63, 3.8) is 0 Å². The number of hydrogen-bond donors (Lipinski definition) is 1. The van der Waals surface area contributed by atoms with E-state index < -0.39 is 0 Å². The molecule has 24 heavy (non-hydrogen) atoms. The van der Waals surface area contributed by atoms with E-state index in [9.17, 15) is 4.79 Å². The summed E-state index contributed by atoms with van der Waals surface area (Å²) in [6.07, 6.45) is 4.15. The van der Waals surface area contributed by atoms with Gasteiger partial charge < -0.3 is 19.4 Å². The van der Waals surface area contributed by atoms with Crippen molar-refractivity contribution >= 4 is 11.7 Å². The second-order valence-corrected chi connectivity index (χ2v) is 5.82. The molecule has 1 amide bonds. The van der Waals surface area contributed by atoms with Crippen molar-refractivity contribution in [3.05, 3.63) is 35.9 Å². The van der Waals surface area contributed by atoms with Gasteiger partial charge in [-0.05, 0) is 19.4 Å². The molecule has 2 atom stereocenters. The summed E-state index contributed by atoms with van der Waals surface area (Å²) in [7, 11) is 1.70. The highest BCUT2D eigenvalue weighted by molar-refractivity contribution is 5.92. The van der Waals surface area contributed by atoms with Crippen LogP contribution in [0.15, 0.2) is 23.0 Å². The molecule has 3 rings (SSSR count). The molecule has 0 aliphatic carbocycles. The maximum absolute atomic E-state index is 12.3. The second-order valence-electron chi connectivity index (χ2n) is 5.82. The Labute approximate surface area is 140 Å². The van der Waals surface area contributed by atoms with Gasteiger partial charge in [-0.1, -0.05) is 0 Å². The van der Waals surface area contributed by atoms with Gasteiger partial charge in [0.05, 0.1) is 17.8 Å². The molecule has 0 aromatic carbocycles. The molecular formula is C16H21N5O3.